The molecule has 40 heavy (non-hydrogen) atoms. The van der Waals surface area contributed by atoms with E-state index in [4.69, 9.17) is 13.9 Å². The maximum Gasteiger partial charge on any atom is 0.338 e. The average molecular weight is 544 g/mol. The molecule has 0 unspecified atom stereocenters. The summed E-state index contributed by atoms with van der Waals surface area (Å²) in [5, 5.41) is 1.34. The standard InChI is InChI=1S/C30H29N3O7/c1-18(2)12-13-32-28(35)22-11-8-20(15-23(22)29(32)36)30(37)40-17-27(34)33-25(26-5-4-14-39-26)16-24(31-33)19-6-9-21(38-3)10-7-19/h4-11,14-16,18,25,31H,12-13,17H2,1-3H3/t25-/m1/s1. The van der Waals surface area contributed by atoms with Crippen molar-refractivity contribution in [1.29, 1.82) is 0 Å². The molecule has 10 nitrogen and oxygen atoms in total. The minimum absolute atomic E-state index is 0.0763. The molecular weight excluding hydrogens is 514 g/mol. The number of carbonyl (C=O) groups is 4. The van der Waals surface area contributed by atoms with Crippen molar-refractivity contribution >= 4 is 29.4 Å². The second-order valence-corrected chi connectivity index (χ2v) is 9.93. The zero-order valence-electron chi connectivity index (χ0n) is 22.4. The van der Waals surface area contributed by atoms with E-state index < -0.39 is 30.4 Å². The SMILES string of the molecule is COc1ccc(C2=C[C@H](c3ccco3)N(C(=O)COC(=O)c3ccc4c(c3)C(=O)N(CCC(C)C)C4=O)N2)cc1. The van der Waals surface area contributed by atoms with Gasteiger partial charge in [-0.1, -0.05) is 13.8 Å². The monoisotopic (exact) mass is 543 g/mol. The highest BCUT2D eigenvalue weighted by Gasteiger charge is 2.36. The largest absolute Gasteiger partial charge is 0.497 e. The third-order valence-electron chi connectivity index (χ3n) is 6.81. The number of amides is 3. The minimum Gasteiger partial charge on any atom is -0.497 e. The van der Waals surface area contributed by atoms with Crippen LogP contribution in [0.5, 0.6) is 5.75 Å². The van der Waals surface area contributed by atoms with Crippen LogP contribution >= 0.6 is 0 Å². The van der Waals surface area contributed by atoms with Crippen molar-refractivity contribution in [3.8, 4) is 5.75 Å². The Morgan fingerprint density at radius 1 is 1.02 bits per heavy atom. The van der Waals surface area contributed by atoms with Crippen LogP contribution in [0.1, 0.15) is 68.7 Å². The maximum absolute atomic E-state index is 13.2. The third kappa shape index (κ3) is 5.20. The van der Waals surface area contributed by atoms with E-state index in [1.165, 1.54) is 34.4 Å². The Kier molecular flexibility index (Phi) is 7.41. The highest BCUT2D eigenvalue weighted by Crippen LogP contribution is 2.32. The van der Waals surface area contributed by atoms with Gasteiger partial charge in [0.1, 0.15) is 17.6 Å². The second kappa shape index (κ2) is 11.1. The summed E-state index contributed by atoms with van der Waals surface area (Å²) in [6.07, 6.45) is 4.04. The zero-order chi connectivity index (χ0) is 28.4. The van der Waals surface area contributed by atoms with Gasteiger partial charge in [0.2, 0.25) is 0 Å². The lowest BCUT2D eigenvalue weighted by molar-refractivity contribution is -0.138. The van der Waals surface area contributed by atoms with Crippen molar-refractivity contribution in [3.05, 3.63) is 95.0 Å². The van der Waals surface area contributed by atoms with E-state index in [1.54, 1.807) is 19.2 Å². The first-order valence-electron chi connectivity index (χ1n) is 12.9. The molecule has 0 radical (unpaired) electrons. The predicted octanol–water partition coefficient (Wildman–Crippen LogP) is 4.22. The molecule has 0 saturated carbocycles. The van der Waals surface area contributed by atoms with Crippen LogP contribution in [0, 0.1) is 5.92 Å². The molecule has 0 saturated heterocycles. The number of hydrogen-bond donors (Lipinski definition) is 1. The van der Waals surface area contributed by atoms with Crippen molar-refractivity contribution in [2.24, 2.45) is 5.92 Å². The van der Waals surface area contributed by atoms with Crippen molar-refractivity contribution in [2.75, 3.05) is 20.3 Å². The number of nitrogens with zero attached hydrogens (tertiary/aromatic N) is 2. The molecule has 10 heteroatoms. The van der Waals surface area contributed by atoms with Crippen LogP contribution in [0.2, 0.25) is 0 Å². The van der Waals surface area contributed by atoms with E-state index in [9.17, 15) is 19.2 Å². The predicted molar refractivity (Wildman–Crippen MR) is 144 cm³/mol. The molecule has 2 aromatic carbocycles. The first-order valence-corrected chi connectivity index (χ1v) is 12.9. The smallest absolute Gasteiger partial charge is 0.338 e. The summed E-state index contributed by atoms with van der Waals surface area (Å²) in [5.74, 6) is -0.556. The number of benzene rings is 2. The Morgan fingerprint density at radius 2 is 1.77 bits per heavy atom. The third-order valence-corrected chi connectivity index (χ3v) is 6.81. The Labute approximate surface area is 231 Å². The molecule has 0 aliphatic carbocycles. The van der Waals surface area contributed by atoms with E-state index in [1.807, 2.05) is 44.2 Å². The number of imide groups is 1. The van der Waals surface area contributed by atoms with Crippen LogP contribution in [0.15, 0.2) is 71.4 Å². The van der Waals surface area contributed by atoms with Crippen molar-refractivity contribution in [1.82, 2.24) is 15.3 Å². The number of esters is 1. The van der Waals surface area contributed by atoms with Crippen molar-refractivity contribution < 1.29 is 33.1 Å². The number of hydrazine groups is 1. The number of hydrogen-bond acceptors (Lipinski definition) is 8. The molecule has 3 heterocycles. The number of carbonyl (C=O) groups excluding carboxylic acids is 4. The lowest BCUT2D eigenvalue weighted by atomic mass is 10.1. The minimum atomic E-state index is -0.783. The van der Waals surface area contributed by atoms with E-state index in [-0.39, 0.29) is 22.6 Å². The maximum atomic E-state index is 13.2. The van der Waals surface area contributed by atoms with Gasteiger partial charge in [-0.3, -0.25) is 24.7 Å². The van der Waals surface area contributed by atoms with Gasteiger partial charge in [0.25, 0.3) is 17.7 Å². The number of fused-ring (bicyclic) bond motifs is 1. The molecular formula is C30H29N3O7. The van der Waals surface area contributed by atoms with Crippen molar-refractivity contribution in [3.63, 3.8) is 0 Å². The number of furan rings is 1. The lowest BCUT2D eigenvalue weighted by Gasteiger charge is -2.23. The van der Waals surface area contributed by atoms with Gasteiger partial charge in [-0.25, -0.2) is 9.80 Å². The summed E-state index contributed by atoms with van der Waals surface area (Å²) in [7, 11) is 1.58. The van der Waals surface area contributed by atoms with E-state index in [0.29, 0.717) is 36.1 Å². The normalized spacial score (nSPS) is 16.2. The summed E-state index contributed by atoms with van der Waals surface area (Å²) in [6, 6.07) is 14.5. The van der Waals surface area contributed by atoms with Gasteiger partial charge in [-0.15, -0.1) is 0 Å². The van der Waals surface area contributed by atoms with Crippen LogP contribution in [-0.4, -0.2) is 53.9 Å². The summed E-state index contributed by atoms with van der Waals surface area (Å²) < 4.78 is 16.1. The molecule has 0 fully saturated rings. The van der Waals surface area contributed by atoms with Gasteiger partial charge in [0.05, 0.1) is 35.8 Å². The van der Waals surface area contributed by atoms with Crippen LogP contribution < -0.4 is 10.2 Å². The molecule has 1 aromatic heterocycles. The van der Waals surface area contributed by atoms with E-state index >= 15 is 0 Å². The van der Waals surface area contributed by atoms with Crippen LogP contribution in [0.3, 0.4) is 0 Å². The highest BCUT2D eigenvalue weighted by atomic mass is 16.5. The van der Waals surface area contributed by atoms with E-state index in [0.717, 1.165) is 5.56 Å². The van der Waals surface area contributed by atoms with Gasteiger partial charge in [0.15, 0.2) is 6.61 Å². The quantitative estimate of drug-likeness (QED) is 0.315. The van der Waals surface area contributed by atoms with Gasteiger partial charge in [-0.05, 0) is 78.6 Å². The lowest BCUT2D eigenvalue weighted by Crippen LogP contribution is -2.42. The molecule has 3 aromatic rings. The summed E-state index contributed by atoms with van der Waals surface area (Å²) in [5.41, 5.74) is 5.06. The van der Waals surface area contributed by atoms with Gasteiger partial charge in [0, 0.05) is 6.54 Å². The first-order chi connectivity index (χ1) is 19.3. The zero-order valence-corrected chi connectivity index (χ0v) is 22.4. The van der Waals surface area contributed by atoms with Crippen LogP contribution in [0.25, 0.3) is 5.70 Å². The molecule has 0 spiro atoms. The molecule has 2 aliphatic heterocycles. The first kappa shape index (κ1) is 26.7. The van der Waals surface area contributed by atoms with E-state index in [2.05, 4.69) is 5.43 Å². The second-order valence-electron chi connectivity index (χ2n) is 9.93. The molecule has 5 rings (SSSR count). The molecule has 2 aliphatic rings. The fraction of sp³-hybridized carbons (Fsp3) is 0.267. The summed E-state index contributed by atoms with van der Waals surface area (Å²) in [6.45, 7) is 3.78. The molecule has 3 amide bonds. The van der Waals surface area contributed by atoms with Crippen LogP contribution in [-0.2, 0) is 9.53 Å². The van der Waals surface area contributed by atoms with Crippen molar-refractivity contribution in [2.45, 2.75) is 26.3 Å². The summed E-state index contributed by atoms with van der Waals surface area (Å²) in [4.78, 5) is 52.7. The fourth-order valence-electron chi connectivity index (χ4n) is 4.57. The molecule has 1 atom stereocenters. The average Bonchev–Trinajstić information content (AvgIpc) is 3.70. The molecule has 1 N–H and O–H groups in total. The Hall–Kier alpha value is -4.86. The number of ether oxygens (including phenoxy) is 2. The summed E-state index contributed by atoms with van der Waals surface area (Å²) >= 11 is 0. The Morgan fingerprint density at radius 3 is 2.45 bits per heavy atom. The number of rotatable bonds is 9. The molecule has 0 bridgehead atoms. The van der Waals surface area contributed by atoms with Gasteiger partial charge in [-0.2, -0.15) is 0 Å². The number of methoxy groups -OCH3 is 1. The van der Waals surface area contributed by atoms with Gasteiger partial charge < -0.3 is 13.9 Å². The highest BCUT2D eigenvalue weighted by molar-refractivity contribution is 6.22. The number of nitrogens with one attached hydrogen (secondary N) is 1. The Balaban J connectivity index is 1.27. The Bertz CT molecular complexity index is 1480. The topological polar surface area (TPSA) is 118 Å². The fourth-order valence-corrected chi connectivity index (χ4v) is 4.57. The van der Waals surface area contributed by atoms with Gasteiger partial charge >= 0.3 is 5.97 Å². The molecule has 206 valence electrons. The van der Waals surface area contributed by atoms with Crippen LogP contribution in [0.4, 0.5) is 0 Å².